The van der Waals surface area contributed by atoms with Gasteiger partial charge in [-0.25, -0.2) is 0 Å². The Morgan fingerprint density at radius 1 is 1.08 bits per heavy atom. The Bertz CT molecular complexity index is 854. The van der Waals surface area contributed by atoms with Crippen LogP contribution in [-0.4, -0.2) is 18.9 Å². The summed E-state index contributed by atoms with van der Waals surface area (Å²) in [6, 6.07) is 6.94. The van der Waals surface area contributed by atoms with Gasteiger partial charge in [-0.15, -0.1) is 0 Å². The molecule has 0 saturated carbocycles. The van der Waals surface area contributed by atoms with Crippen LogP contribution in [0.1, 0.15) is 11.1 Å². The van der Waals surface area contributed by atoms with Gasteiger partial charge < -0.3 is 15.4 Å². The van der Waals surface area contributed by atoms with Crippen molar-refractivity contribution in [3.8, 4) is 5.75 Å². The first-order valence-corrected chi connectivity index (χ1v) is 7.63. The van der Waals surface area contributed by atoms with E-state index >= 15 is 0 Å². The van der Waals surface area contributed by atoms with E-state index in [0.29, 0.717) is 10.6 Å². The highest BCUT2D eigenvalue weighted by Crippen LogP contribution is 2.32. The van der Waals surface area contributed by atoms with Gasteiger partial charge in [-0.2, -0.15) is 13.2 Å². The van der Waals surface area contributed by atoms with Gasteiger partial charge in [0, 0.05) is 16.8 Å². The molecule has 26 heavy (non-hydrogen) atoms. The fourth-order valence-electron chi connectivity index (χ4n) is 2.07. The molecule has 0 bridgehead atoms. The molecule has 0 spiro atoms. The Labute approximate surface area is 152 Å². The number of halogens is 4. The third-order valence-electron chi connectivity index (χ3n) is 3.38. The molecule has 2 aromatic rings. The second-order valence-electron chi connectivity index (χ2n) is 5.29. The van der Waals surface area contributed by atoms with Crippen molar-refractivity contribution in [3.05, 3.63) is 52.5 Å². The highest BCUT2D eigenvalue weighted by Gasteiger charge is 2.30. The van der Waals surface area contributed by atoms with Gasteiger partial charge in [0.1, 0.15) is 5.75 Å². The van der Waals surface area contributed by atoms with Gasteiger partial charge in [0.25, 0.3) is 0 Å². The average molecular weight is 387 g/mol. The Morgan fingerprint density at radius 2 is 1.73 bits per heavy atom. The fraction of sp³-hybridized carbons (Fsp3) is 0.176. The molecule has 0 aliphatic carbocycles. The third kappa shape index (κ3) is 4.66. The summed E-state index contributed by atoms with van der Waals surface area (Å²) < 4.78 is 43.1. The van der Waals surface area contributed by atoms with Gasteiger partial charge in [-0.3, -0.25) is 9.59 Å². The number of alkyl halides is 3. The average Bonchev–Trinajstić information content (AvgIpc) is 2.57. The van der Waals surface area contributed by atoms with E-state index in [1.165, 1.54) is 25.3 Å². The molecule has 0 aliphatic heterocycles. The first kappa shape index (κ1) is 19.6. The monoisotopic (exact) mass is 386 g/mol. The molecule has 9 heteroatoms. The Balaban J connectivity index is 2.14. The van der Waals surface area contributed by atoms with Crippen LogP contribution < -0.4 is 15.4 Å². The van der Waals surface area contributed by atoms with Crippen LogP contribution in [0.2, 0.25) is 5.02 Å². The molecule has 2 amide bonds. The number of rotatable bonds is 3. The van der Waals surface area contributed by atoms with E-state index in [9.17, 15) is 22.8 Å². The normalized spacial score (nSPS) is 11.0. The molecule has 0 aliphatic rings. The van der Waals surface area contributed by atoms with Crippen molar-refractivity contribution in [3.63, 3.8) is 0 Å². The number of anilines is 2. The van der Waals surface area contributed by atoms with Crippen molar-refractivity contribution in [2.75, 3.05) is 17.7 Å². The van der Waals surface area contributed by atoms with E-state index in [4.69, 9.17) is 16.3 Å². The van der Waals surface area contributed by atoms with E-state index in [0.717, 1.165) is 18.2 Å². The highest BCUT2D eigenvalue weighted by molar-refractivity contribution is 6.43. The molecular formula is C17H14ClF3N2O3. The van der Waals surface area contributed by atoms with Crippen LogP contribution in [-0.2, 0) is 15.8 Å². The van der Waals surface area contributed by atoms with Crippen molar-refractivity contribution < 1.29 is 27.5 Å². The van der Waals surface area contributed by atoms with Crippen LogP contribution in [0.25, 0.3) is 0 Å². The van der Waals surface area contributed by atoms with Crippen molar-refractivity contribution in [2.24, 2.45) is 0 Å². The van der Waals surface area contributed by atoms with Gasteiger partial charge in [0.05, 0.1) is 18.4 Å². The van der Waals surface area contributed by atoms with Crippen molar-refractivity contribution in [1.29, 1.82) is 0 Å². The zero-order valence-corrected chi connectivity index (χ0v) is 14.5. The summed E-state index contributed by atoms with van der Waals surface area (Å²) in [5, 5.41) is 4.87. The molecule has 2 N–H and O–H groups in total. The van der Waals surface area contributed by atoms with E-state index in [1.54, 1.807) is 6.92 Å². The summed E-state index contributed by atoms with van der Waals surface area (Å²) in [5.74, 6) is -1.96. The van der Waals surface area contributed by atoms with E-state index < -0.39 is 23.6 Å². The van der Waals surface area contributed by atoms with Gasteiger partial charge >= 0.3 is 18.0 Å². The summed E-state index contributed by atoms with van der Waals surface area (Å²) in [7, 11) is 1.36. The Morgan fingerprint density at radius 3 is 2.35 bits per heavy atom. The number of amides is 2. The zero-order valence-electron chi connectivity index (χ0n) is 13.7. The molecule has 0 fully saturated rings. The van der Waals surface area contributed by atoms with E-state index in [-0.39, 0.29) is 17.1 Å². The van der Waals surface area contributed by atoms with Crippen molar-refractivity contribution >= 4 is 34.8 Å². The summed E-state index contributed by atoms with van der Waals surface area (Å²) in [6.07, 6.45) is -4.56. The van der Waals surface area contributed by atoms with Crippen molar-refractivity contribution in [2.45, 2.75) is 13.1 Å². The molecule has 138 valence electrons. The van der Waals surface area contributed by atoms with E-state index in [2.05, 4.69) is 10.6 Å². The third-order valence-corrected chi connectivity index (χ3v) is 3.79. The minimum atomic E-state index is -4.56. The number of nitrogens with one attached hydrogen (secondary N) is 2. The maximum atomic E-state index is 12.7. The van der Waals surface area contributed by atoms with E-state index in [1.807, 2.05) is 0 Å². The minimum Gasteiger partial charge on any atom is -0.495 e. The maximum absolute atomic E-state index is 12.7. The predicted octanol–water partition coefficient (Wildman–Crippen LogP) is 4.25. The molecule has 0 aromatic heterocycles. The molecule has 0 heterocycles. The van der Waals surface area contributed by atoms with Crippen LogP contribution in [0.4, 0.5) is 24.5 Å². The number of benzene rings is 2. The second-order valence-corrected chi connectivity index (χ2v) is 5.70. The lowest BCUT2D eigenvalue weighted by Gasteiger charge is -2.13. The molecule has 0 unspecified atom stereocenters. The molecule has 0 radical (unpaired) electrons. The molecule has 2 aromatic carbocycles. The molecule has 0 atom stereocenters. The fourth-order valence-corrected chi connectivity index (χ4v) is 2.22. The second kappa shape index (κ2) is 7.65. The molecule has 5 nitrogen and oxygen atoms in total. The number of hydrogen-bond donors (Lipinski definition) is 2. The number of carbonyl (C=O) groups excluding carboxylic acids is 2. The summed E-state index contributed by atoms with van der Waals surface area (Å²) in [6.45, 7) is 1.69. The highest BCUT2D eigenvalue weighted by atomic mass is 35.5. The number of aryl methyl sites for hydroxylation is 1. The smallest absolute Gasteiger partial charge is 0.416 e. The summed E-state index contributed by atoms with van der Waals surface area (Å²) >= 11 is 5.96. The minimum absolute atomic E-state index is 0.153. The first-order chi connectivity index (χ1) is 12.1. The van der Waals surface area contributed by atoms with Crippen LogP contribution >= 0.6 is 11.6 Å². The Kier molecular flexibility index (Phi) is 5.76. The lowest BCUT2D eigenvalue weighted by molar-refractivity contribution is -0.137. The maximum Gasteiger partial charge on any atom is 0.416 e. The lowest BCUT2D eigenvalue weighted by atomic mass is 10.2. The van der Waals surface area contributed by atoms with Crippen LogP contribution in [0, 0.1) is 6.92 Å². The topological polar surface area (TPSA) is 67.4 Å². The zero-order chi connectivity index (χ0) is 19.5. The lowest BCUT2D eigenvalue weighted by Crippen LogP contribution is -2.29. The van der Waals surface area contributed by atoms with Crippen molar-refractivity contribution in [1.82, 2.24) is 0 Å². The predicted molar refractivity (Wildman–Crippen MR) is 91.4 cm³/mol. The van der Waals surface area contributed by atoms with Gasteiger partial charge in [-0.1, -0.05) is 17.7 Å². The standard InChI is InChI=1S/C17H14ClF3N2O3/c1-9-6-13(14(26-2)8-12(9)18)23-16(25)15(24)22-11-5-3-4-10(7-11)17(19,20)21/h3-8H,1-2H3,(H,22,24)(H,23,25). The number of methoxy groups -OCH3 is 1. The molecule has 2 rings (SSSR count). The molecule has 0 saturated heterocycles. The largest absolute Gasteiger partial charge is 0.495 e. The Hall–Kier alpha value is -2.74. The summed E-state index contributed by atoms with van der Waals surface area (Å²) in [5.41, 5.74) is -0.246. The quantitative estimate of drug-likeness (QED) is 0.775. The SMILES string of the molecule is COc1cc(Cl)c(C)cc1NC(=O)C(=O)Nc1cccc(C(F)(F)F)c1. The number of ether oxygens (including phenoxy) is 1. The number of carbonyl (C=O) groups is 2. The van der Waals surface area contributed by atoms with Crippen LogP contribution in [0.15, 0.2) is 36.4 Å². The van der Waals surface area contributed by atoms with Crippen LogP contribution in [0.3, 0.4) is 0 Å². The first-order valence-electron chi connectivity index (χ1n) is 7.25. The number of hydrogen-bond acceptors (Lipinski definition) is 3. The van der Waals surface area contributed by atoms with Gasteiger partial charge in [0.2, 0.25) is 0 Å². The van der Waals surface area contributed by atoms with Crippen LogP contribution in [0.5, 0.6) is 5.75 Å². The molecular weight excluding hydrogens is 373 g/mol. The van der Waals surface area contributed by atoms with Gasteiger partial charge in [-0.05, 0) is 36.8 Å². The summed E-state index contributed by atoms with van der Waals surface area (Å²) in [4.78, 5) is 24.0. The van der Waals surface area contributed by atoms with Gasteiger partial charge in [0.15, 0.2) is 0 Å².